The van der Waals surface area contributed by atoms with Crippen molar-refractivity contribution in [2.24, 2.45) is 0 Å². The molecular formula is C6H7ClN4O2. The zero-order chi connectivity index (χ0) is 9.10. The molecular weight excluding hydrogens is 196 g/mol. The Labute approximate surface area is 79.2 Å². The molecule has 1 aliphatic rings. The Bertz CT molecular complexity index is 276. The van der Waals surface area contributed by atoms with Gasteiger partial charge in [0.1, 0.15) is 0 Å². The molecule has 13 heavy (non-hydrogen) atoms. The molecule has 0 bridgehead atoms. The summed E-state index contributed by atoms with van der Waals surface area (Å²) in [6.07, 6.45) is 1.18. The van der Waals surface area contributed by atoms with Crippen molar-refractivity contribution in [3.8, 4) is 6.01 Å². The van der Waals surface area contributed by atoms with Crippen molar-refractivity contribution in [2.45, 2.75) is 12.5 Å². The summed E-state index contributed by atoms with van der Waals surface area (Å²) in [5.74, 6) is 0. The van der Waals surface area contributed by atoms with Crippen LogP contribution in [0.3, 0.4) is 0 Å². The van der Waals surface area contributed by atoms with Crippen molar-refractivity contribution in [1.82, 2.24) is 20.4 Å². The third-order valence-corrected chi connectivity index (χ3v) is 1.66. The Hall–Kier alpha value is -1.01. The van der Waals surface area contributed by atoms with Crippen LogP contribution in [-0.4, -0.2) is 39.7 Å². The summed E-state index contributed by atoms with van der Waals surface area (Å²) >= 11 is 5.38. The van der Waals surface area contributed by atoms with Crippen molar-refractivity contribution in [2.75, 3.05) is 13.2 Å². The van der Waals surface area contributed by atoms with Crippen LogP contribution in [0.2, 0.25) is 5.28 Å². The van der Waals surface area contributed by atoms with Crippen molar-refractivity contribution >= 4 is 11.6 Å². The summed E-state index contributed by atoms with van der Waals surface area (Å²) in [5, 5.41) is 14.1. The van der Waals surface area contributed by atoms with E-state index in [1.807, 2.05) is 0 Å². The van der Waals surface area contributed by atoms with Gasteiger partial charge in [-0.2, -0.15) is 0 Å². The second-order valence-electron chi connectivity index (χ2n) is 2.54. The Kier molecular flexibility index (Phi) is 2.51. The molecule has 2 heterocycles. The van der Waals surface area contributed by atoms with E-state index in [9.17, 15) is 0 Å². The van der Waals surface area contributed by atoms with Gasteiger partial charge < -0.3 is 9.47 Å². The van der Waals surface area contributed by atoms with E-state index in [-0.39, 0.29) is 11.3 Å². The Morgan fingerprint density at radius 2 is 2.08 bits per heavy atom. The summed E-state index contributed by atoms with van der Waals surface area (Å²) in [6, 6.07) is 0.144. The summed E-state index contributed by atoms with van der Waals surface area (Å²) in [5.41, 5.74) is 0. The molecule has 70 valence electrons. The van der Waals surface area contributed by atoms with Gasteiger partial charge in [-0.05, 0) is 11.6 Å². The maximum Gasteiger partial charge on any atom is 0.355 e. The topological polar surface area (TPSA) is 73.3 Å². The van der Waals surface area contributed by atoms with Gasteiger partial charge in [-0.15, -0.1) is 10.2 Å². The van der Waals surface area contributed by atoms with Gasteiger partial charge in [0.25, 0.3) is 5.28 Å². The highest BCUT2D eigenvalue weighted by Gasteiger charge is 2.21. The fourth-order valence-corrected chi connectivity index (χ4v) is 0.858. The maximum absolute atomic E-state index is 5.38. The lowest BCUT2D eigenvalue weighted by atomic mass is 10.4. The van der Waals surface area contributed by atoms with E-state index < -0.39 is 0 Å². The third-order valence-electron chi connectivity index (χ3n) is 1.51. The first kappa shape index (κ1) is 8.58. The normalized spacial score (nSPS) is 19.9. The van der Waals surface area contributed by atoms with Gasteiger partial charge in [0, 0.05) is 6.42 Å². The smallest absolute Gasteiger partial charge is 0.355 e. The van der Waals surface area contributed by atoms with E-state index in [0.29, 0.717) is 12.7 Å². The molecule has 0 amide bonds. The van der Waals surface area contributed by atoms with Crippen LogP contribution in [-0.2, 0) is 4.74 Å². The van der Waals surface area contributed by atoms with Gasteiger partial charge in [-0.3, -0.25) is 0 Å². The predicted octanol–water partition coefficient (Wildman–Crippen LogP) is 0.0877. The van der Waals surface area contributed by atoms with Crippen LogP contribution >= 0.6 is 11.6 Å². The number of hydrogen-bond acceptors (Lipinski definition) is 6. The molecule has 7 heteroatoms. The van der Waals surface area contributed by atoms with Crippen LogP contribution in [0.1, 0.15) is 6.42 Å². The molecule has 1 saturated heterocycles. The van der Waals surface area contributed by atoms with Crippen molar-refractivity contribution in [3.05, 3.63) is 5.28 Å². The standard InChI is InChI=1S/C6H7ClN4O2/c7-5-8-10-6(11-9-5)12-2-1-4-3-13-4/h4H,1-3H2. The molecule has 1 aromatic rings. The molecule has 1 aromatic heterocycles. The monoisotopic (exact) mass is 202 g/mol. The first-order valence-corrected chi connectivity index (χ1v) is 4.20. The molecule has 0 N–H and O–H groups in total. The van der Waals surface area contributed by atoms with Gasteiger partial charge in [0.15, 0.2) is 0 Å². The van der Waals surface area contributed by atoms with E-state index in [4.69, 9.17) is 21.1 Å². The third kappa shape index (κ3) is 2.74. The summed E-state index contributed by atoms with van der Waals surface area (Å²) in [4.78, 5) is 0. The van der Waals surface area contributed by atoms with E-state index in [2.05, 4.69) is 20.4 Å². The Morgan fingerprint density at radius 1 is 1.38 bits per heavy atom. The van der Waals surface area contributed by atoms with E-state index >= 15 is 0 Å². The van der Waals surface area contributed by atoms with Gasteiger partial charge in [-0.25, -0.2) is 0 Å². The van der Waals surface area contributed by atoms with E-state index in [1.54, 1.807) is 0 Å². The molecule has 1 atom stereocenters. The van der Waals surface area contributed by atoms with Crippen LogP contribution in [0.4, 0.5) is 0 Å². The summed E-state index contributed by atoms with van der Waals surface area (Å²) in [7, 11) is 0. The second kappa shape index (κ2) is 3.80. The number of aromatic nitrogens is 4. The number of hydrogen-bond donors (Lipinski definition) is 0. The highest BCUT2D eigenvalue weighted by molar-refractivity contribution is 6.28. The molecule has 1 fully saturated rings. The van der Waals surface area contributed by atoms with Crippen LogP contribution in [0.15, 0.2) is 0 Å². The van der Waals surface area contributed by atoms with Crippen LogP contribution < -0.4 is 4.74 Å². The highest BCUT2D eigenvalue weighted by Crippen LogP contribution is 2.13. The van der Waals surface area contributed by atoms with Gasteiger partial charge in [-0.1, -0.05) is 10.2 Å². The summed E-state index contributed by atoms with van der Waals surface area (Å²) in [6.45, 7) is 1.33. The minimum atomic E-state index is 0.0119. The van der Waals surface area contributed by atoms with Gasteiger partial charge in [0.05, 0.1) is 19.3 Å². The highest BCUT2D eigenvalue weighted by atomic mass is 35.5. The number of nitrogens with zero attached hydrogens (tertiary/aromatic N) is 4. The lowest BCUT2D eigenvalue weighted by Gasteiger charge is -1.99. The quantitative estimate of drug-likeness (QED) is 0.645. The number of halogens is 1. The minimum Gasteiger partial charge on any atom is -0.461 e. The van der Waals surface area contributed by atoms with Crippen molar-refractivity contribution in [1.29, 1.82) is 0 Å². The molecule has 6 nitrogen and oxygen atoms in total. The molecule has 1 unspecified atom stereocenters. The SMILES string of the molecule is Clc1nnc(OCCC2CO2)nn1. The fraction of sp³-hybridized carbons (Fsp3) is 0.667. The number of ether oxygens (including phenoxy) is 2. The van der Waals surface area contributed by atoms with Gasteiger partial charge in [0.2, 0.25) is 0 Å². The molecule has 0 saturated carbocycles. The lowest BCUT2D eigenvalue weighted by Crippen LogP contribution is -2.05. The first-order valence-electron chi connectivity index (χ1n) is 3.82. The molecule has 0 radical (unpaired) electrons. The Balaban J connectivity index is 1.76. The zero-order valence-electron chi connectivity index (χ0n) is 6.68. The number of epoxide rings is 1. The maximum atomic E-state index is 5.38. The van der Waals surface area contributed by atoms with Gasteiger partial charge >= 0.3 is 6.01 Å². The van der Waals surface area contributed by atoms with Crippen molar-refractivity contribution in [3.63, 3.8) is 0 Å². The van der Waals surface area contributed by atoms with Crippen LogP contribution in [0, 0.1) is 0 Å². The zero-order valence-corrected chi connectivity index (χ0v) is 7.44. The molecule has 0 spiro atoms. The predicted molar refractivity (Wildman–Crippen MR) is 42.5 cm³/mol. The van der Waals surface area contributed by atoms with Crippen molar-refractivity contribution < 1.29 is 9.47 Å². The van der Waals surface area contributed by atoms with Crippen LogP contribution in [0.25, 0.3) is 0 Å². The van der Waals surface area contributed by atoms with E-state index in [1.165, 1.54) is 0 Å². The summed E-state index contributed by atoms with van der Waals surface area (Å²) < 4.78 is 10.1. The Morgan fingerprint density at radius 3 is 2.69 bits per heavy atom. The largest absolute Gasteiger partial charge is 0.461 e. The second-order valence-corrected chi connectivity index (χ2v) is 2.88. The minimum absolute atomic E-state index is 0.0119. The van der Waals surface area contributed by atoms with Crippen LogP contribution in [0.5, 0.6) is 6.01 Å². The van der Waals surface area contributed by atoms with E-state index in [0.717, 1.165) is 13.0 Å². The fourth-order valence-electron chi connectivity index (χ4n) is 0.782. The molecule has 0 aromatic carbocycles. The lowest BCUT2D eigenvalue weighted by molar-refractivity contribution is 0.258. The molecule has 0 aliphatic carbocycles. The molecule has 1 aliphatic heterocycles. The average Bonchev–Trinajstić information content (AvgIpc) is 2.92. The average molecular weight is 203 g/mol. The molecule has 2 rings (SSSR count). The number of rotatable bonds is 4. The first-order chi connectivity index (χ1) is 6.34.